The molecule has 0 atom stereocenters. The number of hydrogen-bond acceptors (Lipinski definition) is 5. The van der Waals surface area contributed by atoms with Crippen molar-refractivity contribution < 1.29 is 9.21 Å². The van der Waals surface area contributed by atoms with Gasteiger partial charge in [0.2, 0.25) is 0 Å². The lowest BCUT2D eigenvalue weighted by Gasteiger charge is -2.31. The number of thiophene rings is 1. The summed E-state index contributed by atoms with van der Waals surface area (Å²) in [5, 5.41) is 4.83. The Morgan fingerprint density at radius 3 is 2.75 bits per heavy atom. The molecular weight excluding hydrogens is 368 g/mol. The lowest BCUT2D eigenvalue weighted by Crippen LogP contribution is -2.33. The molecule has 0 bridgehead atoms. The first-order valence-electron chi connectivity index (χ1n) is 10.3. The number of hydrogen-bond donors (Lipinski definition) is 1. The number of anilines is 1. The van der Waals surface area contributed by atoms with Gasteiger partial charge in [-0.1, -0.05) is 19.8 Å². The first-order chi connectivity index (χ1) is 13.7. The van der Waals surface area contributed by atoms with Gasteiger partial charge in [0.25, 0.3) is 0 Å². The monoisotopic (exact) mass is 396 g/mol. The minimum absolute atomic E-state index is 0.0552. The molecule has 1 saturated heterocycles. The van der Waals surface area contributed by atoms with E-state index in [2.05, 4.69) is 11.8 Å². The quantitative estimate of drug-likeness (QED) is 0.412. The zero-order valence-corrected chi connectivity index (χ0v) is 17.3. The number of nitrogen functional groups attached to an aromatic ring is 1. The van der Waals surface area contributed by atoms with E-state index in [-0.39, 0.29) is 5.78 Å². The second kappa shape index (κ2) is 8.50. The third-order valence-electron chi connectivity index (χ3n) is 5.87. The lowest BCUT2D eigenvalue weighted by molar-refractivity contribution is 0.103. The number of ketones is 1. The average Bonchev–Trinajstić information content (AvgIpc) is 3.35. The number of piperidine rings is 1. The fourth-order valence-corrected chi connectivity index (χ4v) is 4.92. The third kappa shape index (κ3) is 3.87. The maximum absolute atomic E-state index is 12.8. The molecule has 0 unspecified atom stereocenters. The number of rotatable bonds is 7. The molecule has 1 aromatic carbocycles. The van der Waals surface area contributed by atoms with Gasteiger partial charge in [0.1, 0.15) is 5.58 Å². The summed E-state index contributed by atoms with van der Waals surface area (Å²) in [6, 6.07) is 7.56. The number of nitrogens with zero attached hydrogens (tertiary/aromatic N) is 1. The smallest absolute Gasteiger partial charge is 0.195 e. The fraction of sp³-hybridized carbons (Fsp3) is 0.435. The van der Waals surface area contributed by atoms with Gasteiger partial charge in [0.15, 0.2) is 11.7 Å². The van der Waals surface area contributed by atoms with Crippen molar-refractivity contribution in [2.75, 3.05) is 25.4 Å². The Morgan fingerprint density at radius 1 is 1.21 bits per heavy atom. The number of unbranched alkanes of at least 4 members (excludes halogenated alkanes) is 2. The van der Waals surface area contributed by atoms with Crippen molar-refractivity contribution in [3.8, 4) is 0 Å². The van der Waals surface area contributed by atoms with E-state index in [1.54, 1.807) is 0 Å². The van der Waals surface area contributed by atoms with E-state index < -0.39 is 0 Å². The Balaban J connectivity index is 1.55. The van der Waals surface area contributed by atoms with E-state index in [4.69, 9.17) is 10.2 Å². The molecular formula is C23H28N2O2S. The fourth-order valence-electron chi connectivity index (χ4n) is 4.29. The predicted molar refractivity (Wildman–Crippen MR) is 116 cm³/mol. The van der Waals surface area contributed by atoms with E-state index in [0.29, 0.717) is 17.4 Å². The molecule has 0 saturated carbocycles. The molecule has 28 heavy (non-hydrogen) atoms. The van der Waals surface area contributed by atoms with Crippen LogP contribution in [-0.4, -0.2) is 30.3 Å². The van der Waals surface area contributed by atoms with Crippen molar-refractivity contribution in [3.63, 3.8) is 0 Å². The number of benzene rings is 1. The third-order valence-corrected chi connectivity index (χ3v) is 6.56. The van der Waals surface area contributed by atoms with Gasteiger partial charge >= 0.3 is 0 Å². The van der Waals surface area contributed by atoms with E-state index in [1.165, 1.54) is 37.1 Å². The van der Waals surface area contributed by atoms with Crippen LogP contribution in [0, 0.1) is 0 Å². The van der Waals surface area contributed by atoms with E-state index >= 15 is 0 Å². The van der Waals surface area contributed by atoms with Crippen molar-refractivity contribution in [1.29, 1.82) is 0 Å². The number of carbonyl (C=O) groups excluding carboxylic acids is 1. The zero-order valence-electron chi connectivity index (χ0n) is 16.4. The number of fused-ring (bicyclic) bond motifs is 1. The maximum Gasteiger partial charge on any atom is 0.195 e. The molecule has 1 aliphatic heterocycles. The number of nitrogens with two attached hydrogens (primary N) is 1. The van der Waals surface area contributed by atoms with Gasteiger partial charge in [-0.2, -0.15) is 11.3 Å². The summed E-state index contributed by atoms with van der Waals surface area (Å²) in [5.41, 5.74) is 9.59. The summed E-state index contributed by atoms with van der Waals surface area (Å²) in [7, 11) is 0. The zero-order chi connectivity index (χ0) is 19.5. The Morgan fingerprint density at radius 2 is 2.04 bits per heavy atom. The summed E-state index contributed by atoms with van der Waals surface area (Å²) in [6.07, 6.45) is 6.04. The van der Waals surface area contributed by atoms with E-state index in [0.717, 1.165) is 48.0 Å². The van der Waals surface area contributed by atoms with Crippen LogP contribution in [0.2, 0.25) is 0 Å². The average molecular weight is 397 g/mol. The lowest BCUT2D eigenvalue weighted by atomic mass is 9.88. The first kappa shape index (κ1) is 19.2. The Bertz CT molecular complexity index is 937. The van der Waals surface area contributed by atoms with Crippen LogP contribution in [0.25, 0.3) is 11.0 Å². The van der Waals surface area contributed by atoms with Crippen molar-refractivity contribution in [2.24, 2.45) is 0 Å². The van der Waals surface area contributed by atoms with E-state index in [9.17, 15) is 4.79 Å². The van der Waals surface area contributed by atoms with Gasteiger partial charge in [-0.25, -0.2) is 0 Å². The van der Waals surface area contributed by atoms with Crippen molar-refractivity contribution in [3.05, 3.63) is 51.7 Å². The van der Waals surface area contributed by atoms with Crippen LogP contribution in [0.3, 0.4) is 0 Å². The number of likely N-dealkylation sites (tertiary alicyclic amines) is 1. The molecule has 0 aliphatic carbocycles. The summed E-state index contributed by atoms with van der Waals surface area (Å²) < 4.78 is 5.84. The van der Waals surface area contributed by atoms with Gasteiger partial charge in [-0.05, 0) is 74.5 Å². The van der Waals surface area contributed by atoms with Crippen molar-refractivity contribution in [2.45, 2.75) is 44.9 Å². The summed E-state index contributed by atoms with van der Waals surface area (Å²) >= 11 is 1.54. The molecule has 148 valence electrons. The summed E-state index contributed by atoms with van der Waals surface area (Å²) in [5.74, 6) is 0.967. The minimum atomic E-state index is 0.0552. The topological polar surface area (TPSA) is 59.5 Å². The molecule has 3 aromatic rings. The largest absolute Gasteiger partial charge is 0.441 e. The molecule has 1 aliphatic rings. The number of furan rings is 1. The van der Waals surface area contributed by atoms with Crippen molar-refractivity contribution >= 4 is 34.0 Å². The van der Waals surface area contributed by atoms with Crippen LogP contribution in [-0.2, 0) is 0 Å². The van der Waals surface area contributed by atoms with Crippen LogP contribution in [0.1, 0.15) is 66.4 Å². The SMILES string of the molecule is CCCCCN1CCC(c2c(N)oc3ccc(C(=O)c4ccsc4)cc23)CC1. The normalized spacial score (nSPS) is 16.0. The molecule has 2 N–H and O–H groups in total. The molecule has 3 heterocycles. The molecule has 5 heteroatoms. The highest BCUT2D eigenvalue weighted by molar-refractivity contribution is 7.08. The summed E-state index contributed by atoms with van der Waals surface area (Å²) in [6.45, 7) is 5.65. The first-order valence-corrected chi connectivity index (χ1v) is 11.2. The maximum atomic E-state index is 12.8. The van der Waals surface area contributed by atoms with Crippen LogP contribution in [0.5, 0.6) is 0 Å². The highest BCUT2D eigenvalue weighted by Crippen LogP contribution is 2.39. The van der Waals surface area contributed by atoms with Crippen LogP contribution >= 0.6 is 11.3 Å². The van der Waals surface area contributed by atoms with Gasteiger partial charge in [-0.15, -0.1) is 0 Å². The molecule has 2 aromatic heterocycles. The Kier molecular flexibility index (Phi) is 5.83. The predicted octanol–water partition coefficient (Wildman–Crippen LogP) is 5.68. The Labute approximate surface area is 170 Å². The van der Waals surface area contributed by atoms with Gasteiger partial charge in [0.05, 0.1) is 0 Å². The molecule has 4 nitrogen and oxygen atoms in total. The van der Waals surface area contributed by atoms with Crippen LogP contribution < -0.4 is 5.73 Å². The van der Waals surface area contributed by atoms with Gasteiger partial charge in [0, 0.05) is 27.5 Å². The highest BCUT2D eigenvalue weighted by atomic mass is 32.1. The molecule has 0 radical (unpaired) electrons. The van der Waals surface area contributed by atoms with Crippen molar-refractivity contribution in [1.82, 2.24) is 4.90 Å². The van der Waals surface area contributed by atoms with Gasteiger partial charge < -0.3 is 15.1 Å². The minimum Gasteiger partial charge on any atom is -0.441 e. The Hall–Kier alpha value is -2.11. The second-order valence-electron chi connectivity index (χ2n) is 7.76. The van der Waals surface area contributed by atoms with E-state index in [1.807, 2.05) is 35.0 Å². The number of carbonyl (C=O) groups is 1. The standard InChI is InChI=1S/C23H28N2O2S/c1-2-3-4-10-25-11-7-16(8-12-25)21-19-14-17(5-6-20(19)27-23(21)24)22(26)18-9-13-28-15-18/h5-6,9,13-16H,2-4,7-8,10-12,24H2,1H3. The molecule has 1 fully saturated rings. The highest BCUT2D eigenvalue weighted by Gasteiger charge is 2.26. The molecule has 0 spiro atoms. The molecule has 0 amide bonds. The van der Waals surface area contributed by atoms with Crippen LogP contribution in [0.4, 0.5) is 5.88 Å². The van der Waals surface area contributed by atoms with Gasteiger partial charge in [-0.3, -0.25) is 4.79 Å². The summed E-state index contributed by atoms with van der Waals surface area (Å²) in [4.78, 5) is 15.3. The second-order valence-corrected chi connectivity index (χ2v) is 8.54. The molecule has 4 rings (SSSR count). The van der Waals surface area contributed by atoms with Crippen LogP contribution in [0.15, 0.2) is 39.4 Å².